The van der Waals surface area contributed by atoms with Gasteiger partial charge in [0.1, 0.15) is 0 Å². The van der Waals surface area contributed by atoms with Crippen LogP contribution in [0.15, 0.2) is 12.7 Å². The SMILES string of the molecule is C=CCN(C)CCCCCCOC1CCN(S(=O)(=O)NCC2CCCCC2)CC1. The number of unbranched alkanes of at least 4 members (excludes halogenated alkanes) is 3. The average molecular weight is 430 g/mol. The Kier molecular flexibility index (Phi) is 11.8. The van der Waals surface area contributed by atoms with E-state index >= 15 is 0 Å². The van der Waals surface area contributed by atoms with E-state index in [0.29, 0.717) is 25.6 Å². The first-order valence-corrected chi connectivity index (χ1v) is 13.1. The van der Waals surface area contributed by atoms with Gasteiger partial charge in [-0.3, -0.25) is 0 Å². The molecule has 170 valence electrons. The molecule has 0 aromatic carbocycles. The topological polar surface area (TPSA) is 61.9 Å². The van der Waals surface area contributed by atoms with Gasteiger partial charge in [-0.05, 0) is 58.0 Å². The van der Waals surface area contributed by atoms with Gasteiger partial charge in [-0.1, -0.05) is 38.2 Å². The number of hydrogen-bond acceptors (Lipinski definition) is 4. The van der Waals surface area contributed by atoms with Crippen molar-refractivity contribution < 1.29 is 13.2 Å². The van der Waals surface area contributed by atoms with Crippen molar-refractivity contribution in [2.75, 3.05) is 46.4 Å². The van der Waals surface area contributed by atoms with E-state index in [2.05, 4.69) is 23.2 Å². The summed E-state index contributed by atoms with van der Waals surface area (Å²) in [6.45, 7) is 8.36. The second-order valence-electron chi connectivity index (χ2n) is 8.79. The van der Waals surface area contributed by atoms with Crippen LogP contribution in [-0.2, 0) is 14.9 Å². The molecule has 1 saturated carbocycles. The molecular weight excluding hydrogens is 386 g/mol. The molecule has 0 bridgehead atoms. The fourth-order valence-electron chi connectivity index (χ4n) is 4.34. The molecule has 0 aromatic rings. The Balaban J connectivity index is 1.51. The van der Waals surface area contributed by atoms with E-state index in [-0.39, 0.29) is 6.10 Å². The van der Waals surface area contributed by atoms with Gasteiger partial charge in [-0.25, -0.2) is 4.72 Å². The smallest absolute Gasteiger partial charge is 0.279 e. The number of piperidine rings is 1. The van der Waals surface area contributed by atoms with Crippen LogP contribution in [-0.4, -0.2) is 70.1 Å². The van der Waals surface area contributed by atoms with Gasteiger partial charge in [0.15, 0.2) is 0 Å². The number of ether oxygens (including phenoxy) is 1. The lowest BCUT2D eigenvalue weighted by Gasteiger charge is -2.32. The van der Waals surface area contributed by atoms with Gasteiger partial charge in [0, 0.05) is 32.8 Å². The summed E-state index contributed by atoms with van der Waals surface area (Å²) in [6.07, 6.45) is 14.6. The highest BCUT2D eigenvalue weighted by atomic mass is 32.2. The molecule has 2 rings (SSSR count). The zero-order valence-electron chi connectivity index (χ0n) is 18.5. The third kappa shape index (κ3) is 9.92. The molecule has 2 fully saturated rings. The van der Waals surface area contributed by atoms with Gasteiger partial charge < -0.3 is 9.64 Å². The summed E-state index contributed by atoms with van der Waals surface area (Å²) in [5.41, 5.74) is 0. The summed E-state index contributed by atoms with van der Waals surface area (Å²) in [5, 5.41) is 0. The summed E-state index contributed by atoms with van der Waals surface area (Å²) in [6, 6.07) is 0. The number of rotatable bonds is 14. The van der Waals surface area contributed by atoms with Crippen LogP contribution in [0.3, 0.4) is 0 Å². The van der Waals surface area contributed by atoms with Crippen LogP contribution in [0.5, 0.6) is 0 Å². The van der Waals surface area contributed by atoms with Gasteiger partial charge >= 0.3 is 0 Å². The van der Waals surface area contributed by atoms with Crippen LogP contribution in [0.2, 0.25) is 0 Å². The molecular formula is C22H43N3O3S. The Labute approximate surface area is 179 Å². The van der Waals surface area contributed by atoms with Gasteiger partial charge in [0.25, 0.3) is 10.2 Å². The molecule has 6 nitrogen and oxygen atoms in total. The average Bonchev–Trinajstić information content (AvgIpc) is 2.73. The van der Waals surface area contributed by atoms with E-state index in [0.717, 1.165) is 51.8 Å². The number of nitrogens with zero attached hydrogens (tertiary/aromatic N) is 2. The summed E-state index contributed by atoms with van der Waals surface area (Å²) in [4.78, 5) is 2.29. The second kappa shape index (κ2) is 13.8. The zero-order chi connectivity index (χ0) is 21.0. The molecule has 1 heterocycles. The molecule has 1 N–H and O–H groups in total. The normalized spacial score (nSPS) is 20.3. The molecule has 0 unspecified atom stereocenters. The van der Waals surface area contributed by atoms with Crippen molar-refractivity contribution in [3.8, 4) is 0 Å². The molecule has 29 heavy (non-hydrogen) atoms. The molecule has 0 aromatic heterocycles. The fourth-order valence-corrected chi connectivity index (χ4v) is 5.66. The van der Waals surface area contributed by atoms with Crippen molar-refractivity contribution in [2.45, 2.75) is 76.7 Å². The van der Waals surface area contributed by atoms with Gasteiger partial charge in [-0.2, -0.15) is 12.7 Å². The molecule has 0 amide bonds. The maximum absolute atomic E-state index is 12.5. The standard InChI is InChI=1S/C22H43N3O3S/c1-3-15-24(2)16-9-4-5-10-19-28-22-13-17-25(18-14-22)29(26,27)23-20-21-11-7-6-8-12-21/h3,21-23H,1,4-20H2,2H3. The van der Waals surface area contributed by atoms with Crippen LogP contribution in [0.4, 0.5) is 0 Å². The molecule has 2 aliphatic rings. The van der Waals surface area contributed by atoms with E-state index in [4.69, 9.17) is 4.74 Å². The highest BCUT2D eigenvalue weighted by molar-refractivity contribution is 7.87. The van der Waals surface area contributed by atoms with Crippen molar-refractivity contribution in [2.24, 2.45) is 5.92 Å². The predicted octanol–water partition coefficient (Wildman–Crippen LogP) is 3.56. The Morgan fingerprint density at radius 3 is 2.45 bits per heavy atom. The van der Waals surface area contributed by atoms with Crippen LogP contribution in [0, 0.1) is 5.92 Å². The van der Waals surface area contributed by atoms with E-state index in [1.165, 1.54) is 38.5 Å². The van der Waals surface area contributed by atoms with Crippen LogP contribution < -0.4 is 4.72 Å². The maximum atomic E-state index is 12.5. The summed E-state index contributed by atoms with van der Waals surface area (Å²) in [5.74, 6) is 0.516. The Bertz CT molecular complexity index is 542. The third-order valence-electron chi connectivity index (χ3n) is 6.25. The minimum atomic E-state index is -3.34. The van der Waals surface area contributed by atoms with Gasteiger partial charge in [-0.15, -0.1) is 6.58 Å². The Morgan fingerprint density at radius 2 is 1.76 bits per heavy atom. The van der Waals surface area contributed by atoms with Crippen LogP contribution in [0.25, 0.3) is 0 Å². The molecule has 1 aliphatic heterocycles. The third-order valence-corrected chi connectivity index (χ3v) is 7.82. The monoisotopic (exact) mass is 429 g/mol. The fraction of sp³-hybridized carbons (Fsp3) is 0.909. The summed E-state index contributed by atoms with van der Waals surface area (Å²) in [7, 11) is -1.21. The Hall–Kier alpha value is -0.470. The quantitative estimate of drug-likeness (QED) is 0.339. The van der Waals surface area contributed by atoms with E-state index in [1.807, 2.05) is 6.08 Å². The predicted molar refractivity (Wildman–Crippen MR) is 120 cm³/mol. The largest absolute Gasteiger partial charge is 0.378 e. The lowest BCUT2D eigenvalue weighted by molar-refractivity contribution is 0.0190. The van der Waals surface area contributed by atoms with E-state index in [9.17, 15) is 8.42 Å². The van der Waals surface area contributed by atoms with Gasteiger partial charge in [0.05, 0.1) is 6.10 Å². The Morgan fingerprint density at radius 1 is 1.07 bits per heavy atom. The second-order valence-corrected chi connectivity index (χ2v) is 10.5. The van der Waals surface area contributed by atoms with Crippen molar-refractivity contribution in [1.82, 2.24) is 13.9 Å². The van der Waals surface area contributed by atoms with Crippen LogP contribution >= 0.6 is 0 Å². The first-order valence-electron chi connectivity index (χ1n) is 11.7. The van der Waals surface area contributed by atoms with Gasteiger partial charge in [0.2, 0.25) is 0 Å². The minimum absolute atomic E-state index is 0.207. The van der Waals surface area contributed by atoms with Crippen molar-refractivity contribution >= 4 is 10.2 Å². The zero-order valence-corrected chi connectivity index (χ0v) is 19.3. The molecule has 1 aliphatic carbocycles. The lowest BCUT2D eigenvalue weighted by Crippen LogP contribution is -2.47. The van der Waals surface area contributed by atoms with Crippen molar-refractivity contribution in [3.05, 3.63) is 12.7 Å². The molecule has 0 atom stereocenters. The number of likely N-dealkylation sites (N-methyl/N-ethyl adjacent to an activating group) is 1. The molecule has 1 saturated heterocycles. The van der Waals surface area contributed by atoms with Crippen molar-refractivity contribution in [1.29, 1.82) is 0 Å². The number of nitrogens with one attached hydrogen (secondary N) is 1. The molecule has 0 spiro atoms. The highest BCUT2D eigenvalue weighted by Gasteiger charge is 2.28. The molecule has 0 radical (unpaired) electrons. The lowest BCUT2D eigenvalue weighted by atomic mass is 9.90. The van der Waals surface area contributed by atoms with Crippen LogP contribution in [0.1, 0.15) is 70.6 Å². The highest BCUT2D eigenvalue weighted by Crippen LogP contribution is 2.23. The first kappa shape index (κ1) is 24.8. The van der Waals surface area contributed by atoms with Crippen molar-refractivity contribution in [3.63, 3.8) is 0 Å². The summed E-state index contributed by atoms with van der Waals surface area (Å²) >= 11 is 0. The number of hydrogen-bond donors (Lipinski definition) is 1. The first-order chi connectivity index (χ1) is 14.0. The van der Waals surface area contributed by atoms with E-state index < -0.39 is 10.2 Å². The molecule has 7 heteroatoms. The maximum Gasteiger partial charge on any atom is 0.279 e. The summed E-state index contributed by atoms with van der Waals surface area (Å²) < 4.78 is 35.6. The van der Waals surface area contributed by atoms with E-state index in [1.54, 1.807) is 4.31 Å². The minimum Gasteiger partial charge on any atom is -0.378 e.